The number of hydrogen-bond donors (Lipinski definition) is 0. The van der Waals surface area contributed by atoms with Crippen LogP contribution in [0.5, 0.6) is 0 Å². The molecule has 0 unspecified atom stereocenters. The smallest absolute Gasteiger partial charge is 0.244 e. The Bertz CT molecular complexity index is 1300. The summed E-state index contributed by atoms with van der Waals surface area (Å²) in [4.78, 5) is 37.6. The molecule has 0 bridgehead atoms. The van der Waals surface area contributed by atoms with Crippen LogP contribution >= 0.6 is 0 Å². The molecule has 1 aromatic carbocycles. The lowest BCUT2D eigenvalue weighted by Crippen LogP contribution is -2.50. The minimum Gasteiger partial charge on any atom is -0.352 e. The Morgan fingerprint density at radius 2 is 1.80 bits per heavy atom. The molecular weight excluding hydrogens is 384 g/mol. The van der Waals surface area contributed by atoms with Gasteiger partial charge in [0.05, 0.1) is 23.3 Å². The third-order valence-electron chi connectivity index (χ3n) is 5.49. The van der Waals surface area contributed by atoms with Crippen molar-refractivity contribution < 1.29 is 4.79 Å². The fourth-order valence-corrected chi connectivity index (χ4v) is 3.88. The summed E-state index contributed by atoms with van der Waals surface area (Å²) < 4.78 is 3.32. The van der Waals surface area contributed by atoms with E-state index in [1.165, 1.54) is 6.20 Å². The first-order valence-electron chi connectivity index (χ1n) is 9.72. The Morgan fingerprint density at radius 3 is 2.63 bits per heavy atom. The molecule has 0 atom stereocenters. The van der Waals surface area contributed by atoms with E-state index < -0.39 is 0 Å². The van der Waals surface area contributed by atoms with Crippen LogP contribution in [-0.4, -0.2) is 66.5 Å². The molecule has 10 heteroatoms. The van der Waals surface area contributed by atoms with E-state index in [4.69, 9.17) is 0 Å². The second-order valence-electron chi connectivity index (χ2n) is 7.25. The average molecular weight is 404 g/mol. The van der Waals surface area contributed by atoms with Crippen molar-refractivity contribution in [1.82, 2.24) is 34.4 Å². The average Bonchev–Trinajstić information content (AvgIpc) is 3.17. The minimum absolute atomic E-state index is 0.0230. The Morgan fingerprint density at radius 1 is 1.00 bits per heavy atom. The number of carbonyl (C=O) groups excluding carboxylic acids is 1. The molecule has 0 saturated carbocycles. The van der Waals surface area contributed by atoms with E-state index in [2.05, 4.69) is 25.1 Å². The first-order valence-corrected chi connectivity index (χ1v) is 9.72. The zero-order valence-corrected chi connectivity index (χ0v) is 16.5. The molecule has 3 aromatic heterocycles. The van der Waals surface area contributed by atoms with Gasteiger partial charge in [-0.1, -0.05) is 12.1 Å². The Kier molecular flexibility index (Phi) is 4.38. The Balaban J connectivity index is 1.31. The number of aromatic nitrogens is 6. The molecule has 1 fully saturated rings. The van der Waals surface area contributed by atoms with Gasteiger partial charge in [0.25, 0.3) is 0 Å². The lowest BCUT2D eigenvalue weighted by Gasteiger charge is -2.35. The third kappa shape index (κ3) is 3.06. The topological polar surface area (TPSA) is 102 Å². The summed E-state index contributed by atoms with van der Waals surface area (Å²) in [6.07, 6.45) is 4.58. The number of para-hydroxylation sites is 1. The molecule has 0 radical (unpaired) electrons. The van der Waals surface area contributed by atoms with Crippen molar-refractivity contribution in [3.63, 3.8) is 0 Å². The maximum absolute atomic E-state index is 12.9. The molecule has 1 amide bonds. The van der Waals surface area contributed by atoms with Crippen molar-refractivity contribution in [2.24, 2.45) is 7.05 Å². The van der Waals surface area contributed by atoms with Crippen LogP contribution in [0.4, 0.5) is 5.82 Å². The van der Waals surface area contributed by atoms with Gasteiger partial charge in [-0.3, -0.25) is 19.0 Å². The van der Waals surface area contributed by atoms with Crippen LogP contribution in [0.2, 0.25) is 0 Å². The van der Waals surface area contributed by atoms with E-state index in [0.717, 1.165) is 16.9 Å². The van der Waals surface area contributed by atoms with Gasteiger partial charge in [-0.2, -0.15) is 10.2 Å². The molecule has 4 heterocycles. The highest BCUT2D eigenvalue weighted by Gasteiger charge is 2.24. The van der Waals surface area contributed by atoms with Gasteiger partial charge >= 0.3 is 0 Å². The van der Waals surface area contributed by atoms with Crippen molar-refractivity contribution in [3.05, 3.63) is 53.2 Å². The maximum Gasteiger partial charge on any atom is 0.244 e. The quantitative estimate of drug-likeness (QED) is 0.488. The van der Waals surface area contributed by atoms with Crippen LogP contribution in [0, 0.1) is 0 Å². The van der Waals surface area contributed by atoms with E-state index in [9.17, 15) is 9.59 Å². The number of amides is 1. The highest BCUT2D eigenvalue weighted by Crippen LogP contribution is 2.23. The molecule has 1 saturated heterocycles. The van der Waals surface area contributed by atoms with Crippen molar-refractivity contribution in [2.75, 3.05) is 31.1 Å². The summed E-state index contributed by atoms with van der Waals surface area (Å²) in [5.74, 6) is 0.818. The second-order valence-corrected chi connectivity index (χ2v) is 7.25. The number of piperazine rings is 1. The summed E-state index contributed by atoms with van der Waals surface area (Å²) in [7, 11) is 1.85. The fraction of sp³-hybridized carbons (Fsp3) is 0.300. The van der Waals surface area contributed by atoms with Gasteiger partial charge < -0.3 is 9.80 Å². The van der Waals surface area contributed by atoms with Crippen molar-refractivity contribution >= 4 is 33.7 Å². The lowest BCUT2D eigenvalue weighted by molar-refractivity contribution is -0.132. The summed E-state index contributed by atoms with van der Waals surface area (Å²) in [6, 6.07) is 7.20. The Labute approximate surface area is 171 Å². The van der Waals surface area contributed by atoms with Crippen LogP contribution in [0.1, 0.15) is 0 Å². The maximum atomic E-state index is 12.9. The van der Waals surface area contributed by atoms with Gasteiger partial charge in [0.1, 0.15) is 18.7 Å². The molecule has 4 aromatic rings. The predicted molar refractivity (Wildman–Crippen MR) is 111 cm³/mol. The van der Waals surface area contributed by atoms with E-state index in [1.807, 2.05) is 30.1 Å². The SMILES string of the molecule is Cn1ncc2c(N3CCN(C(=O)Cn4ncc(=O)c5ccccc54)CC3)ncnc21. The standard InChI is InChI=1S/C20H20N8O2/c1-25-19-15(10-23-25)20(22-13-21-19)27-8-6-26(7-9-27)18(30)12-28-16-5-3-2-4-14(16)17(29)11-24-28/h2-5,10-11,13H,6-9,12H2,1H3. The van der Waals surface area contributed by atoms with E-state index in [-0.39, 0.29) is 17.9 Å². The molecule has 0 spiro atoms. The molecule has 152 valence electrons. The number of nitrogens with zero attached hydrogens (tertiary/aromatic N) is 8. The van der Waals surface area contributed by atoms with Gasteiger partial charge in [0.2, 0.25) is 11.3 Å². The molecule has 0 N–H and O–H groups in total. The summed E-state index contributed by atoms with van der Waals surface area (Å²) in [6.45, 7) is 2.61. The number of anilines is 1. The molecule has 1 aliphatic rings. The van der Waals surface area contributed by atoms with Crippen LogP contribution in [0.15, 0.2) is 47.8 Å². The van der Waals surface area contributed by atoms with Crippen molar-refractivity contribution in [3.8, 4) is 0 Å². The zero-order chi connectivity index (χ0) is 20.7. The lowest BCUT2D eigenvalue weighted by atomic mass is 10.2. The molecular formula is C20H20N8O2. The highest BCUT2D eigenvalue weighted by atomic mass is 16.2. The van der Waals surface area contributed by atoms with Crippen LogP contribution in [-0.2, 0) is 18.4 Å². The number of carbonyl (C=O) groups is 1. The summed E-state index contributed by atoms with van der Waals surface area (Å²) in [5.41, 5.74) is 1.31. The largest absolute Gasteiger partial charge is 0.352 e. The second kappa shape index (κ2) is 7.21. The summed E-state index contributed by atoms with van der Waals surface area (Å²) >= 11 is 0. The van der Waals surface area contributed by atoms with Gasteiger partial charge in [-0.15, -0.1) is 0 Å². The molecule has 1 aliphatic heterocycles. The molecule has 0 aliphatic carbocycles. The third-order valence-corrected chi connectivity index (χ3v) is 5.49. The molecule has 30 heavy (non-hydrogen) atoms. The van der Waals surface area contributed by atoms with Gasteiger partial charge in [-0.05, 0) is 12.1 Å². The number of fused-ring (bicyclic) bond motifs is 2. The zero-order valence-electron chi connectivity index (χ0n) is 16.5. The van der Waals surface area contributed by atoms with Crippen molar-refractivity contribution in [1.29, 1.82) is 0 Å². The van der Waals surface area contributed by atoms with Gasteiger partial charge in [0, 0.05) is 38.6 Å². The number of hydrogen-bond acceptors (Lipinski definition) is 7. The van der Waals surface area contributed by atoms with E-state index in [1.54, 1.807) is 28.0 Å². The monoisotopic (exact) mass is 404 g/mol. The highest BCUT2D eigenvalue weighted by molar-refractivity contribution is 5.87. The number of rotatable bonds is 3. The minimum atomic E-state index is -0.144. The van der Waals surface area contributed by atoms with Crippen LogP contribution < -0.4 is 10.3 Å². The number of benzene rings is 1. The number of aryl methyl sites for hydroxylation is 1. The van der Waals surface area contributed by atoms with Gasteiger partial charge in [-0.25, -0.2) is 9.97 Å². The first-order chi connectivity index (χ1) is 14.6. The molecule has 5 rings (SSSR count). The van der Waals surface area contributed by atoms with Gasteiger partial charge in [0.15, 0.2) is 5.65 Å². The van der Waals surface area contributed by atoms with E-state index >= 15 is 0 Å². The van der Waals surface area contributed by atoms with Crippen LogP contribution in [0.3, 0.4) is 0 Å². The molecule has 10 nitrogen and oxygen atoms in total. The van der Waals surface area contributed by atoms with E-state index in [0.29, 0.717) is 37.1 Å². The van der Waals surface area contributed by atoms with Crippen LogP contribution in [0.25, 0.3) is 21.9 Å². The predicted octanol–water partition coefficient (Wildman–Crippen LogP) is 0.422. The fourth-order valence-electron chi connectivity index (χ4n) is 3.88. The summed E-state index contributed by atoms with van der Waals surface area (Å²) in [5, 5.41) is 9.89. The van der Waals surface area contributed by atoms with Crippen molar-refractivity contribution in [2.45, 2.75) is 6.54 Å². The normalized spacial score (nSPS) is 14.6. The first kappa shape index (κ1) is 18.2. The Hall–Kier alpha value is -3.82.